The lowest BCUT2D eigenvalue weighted by Crippen LogP contribution is -2.76. The molecule has 2 spiro atoms. The lowest BCUT2D eigenvalue weighted by molar-refractivity contribution is -0.283. The normalized spacial score (nSPS) is 40.2. The zero-order valence-electron chi connectivity index (χ0n) is 37.8. The van der Waals surface area contributed by atoms with Gasteiger partial charge in [-0.15, -0.1) is 0 Å². The van der Waals surface area contributed by atoms with Crippen LogP contribution in [0.15, 0.2) is 23.3 Å². The van der Waals surface area contributed by atoms with Gasteiger partial charge in [0.25, 0.3) is 0 Å². The molecule has 5 aliphatic rings. The second kappa shape index (κ2) is 16.2. The van der Waals surface area contributed by atoms with Crippen molar-refractivity contribution in [1.29, 1.82) is 0 Å². The monoisotopic (exact) mass is 858 g/mol. The fraction of sp³-hybridized carbons (Fsp3) is 0.733. The van der Waals surface area contributed by atoms with Gasteiger partial charge in [-0.2, -0.15) is 0 Å². The van der Waals surface area contributed by atoms with Crippen molar-refractivity contribution in [2.45, 2.75) is 139 Å². The Morgan fingerprint density at radius 3 is 2.00 bits per heavy atom. The first-order valence-electron chi connectivity index (χ1n) is 20.8. The SMILES string of the molecule is C/C=C(/C)C(=O)O[C@@H]1C[C@](C)([C@@H](C)C(=O)OC)[C@@H](CC(=O)OC)[C@]2(COC(C)=O)[C@@H](OC(C)=O)[C@H](C)[C@@]3(C(C)=C[C@H](OC(C)=O)[C@@]4(C)[C@@H](OC(C)=O)C[C@]5(C)C[C@]43OC5=O)[C@@H]12. The molecule has 0 N–H and O–H groups in total. The van der Waals surface area contributed by atoms with Crippen LogP contribution < -0.4 is 0 Å². The van der Waals surface area contributed by atoms with E-state index >= 15 is 0 Å². The van der Waals surface area contributed by atoms with Crippen LogP contribution in [0.3, 0.4) is 0 Å². The molecular formula is C45H62O16. The van der Waals surface area contributed by atoms with E-state index in [1.165, 1.54) is 41.9 Å². The van der Waals surface area contributed by atoms with Crippen molar-refractivity contribution in [3.05, 3.63) is 23.3 Å². The Kier molecular flexibility index (Phi) is 12.5. The molecule has 4 aliphatic carbocycles. The zero-order valence-corrected chi connectivity index (χ0v) is 37.8. The van der Waals surface area contributed by atoms with Gasteiger partial charge < -0.3 is 37.9 Å². The van der Waals surface area contributed by atoms with E-state index in [0.29, 0.717) is 5.57 Å². The minimum Gasteiger partial charge on any atom is -0.469 e. The molecular weight excluding hydrogens is 796 g/mol. The Morgan fingerprint density at radius 2 is 1.48 bits per heavy atom. The summed E-state index contributed by atoms with van der Waals surface area (Å²) >= 11 is 0. The third-order valence-electron chi connectivity index (χ3n) is 15.7. The van der Waals surface area contributed by atoms with Gasteiger partial charge in [0.05, 0.1) is 36.4 Å². The van der Waals surface area contributed by atoms with Crippen LogP contribution >= 0.6 is 0 Å². The summed E-state index contributed by atoms with van der Waals surface area (Å²) in [4.78, 5) is 110. The number of methoxy groups -OCH3 is 2. The summed E-state index contributed by atoms with van der Waals surface area (Å²) in [6, 6.07) is 0. The van der Waals surface area contributed by atoms with E-state index in [1.54, 1.807) is 67.5 Å². The van der Waals surface area contributed by atoms with E-state index in [2.05, 4.69) is 0 Å². The summed E-state index contributed by atoms with van der Waals surface area (Å²) in [5.41, 5.74) is -8.70. The van der Waals surface area contributed by atoms with E-state index in [1.807, 2.05) is 0 Å². The lowest BCUT2D eigenvalue weighted by Gasteiger charge is -2.68. The predicted octanol–water partition coefficient (Wildman–Crippen LogP) is 4.92. The molecule has 16 nitrogen and oxygen atoms in total. The summed E-state index contributed by atoms with van der Waals surface area (Å²) in [6.45, 7) is 18.0. The molecule has 0 unspecified atom stereocenters. The van der Waals surface area contributed by atoms with Gasteiger partial charge in [0.1, 0.15) is 36.6 Å². The maximum atomic E-state index is 14.7. The molecule has 1 heterocycles. The summed E-state index contributed by atoms with van der Waals surface area (Å²) in [6.07, 6.45) is -2.13. The van der Waals surface area contributed by atoms with Crippen molar-refractivity contribution in [3.8, 4) is 0 Å². The van der Waals surface area contributed by atoms with Crippen molar-refractivity contribution in [3.63, 3.8) is 0 Å². The third kappa shape index (κ3) is 6.76. The van der Waals surface area contributed by atoms with Crippen LogP contribution in [0.5, 0.6) is 0 Å². The number of rotatable bonds is 11. The number of carbonyl (C=O) groups is 8. The Balaban J connectivity index is 2.08. The lowest BCUT2D eigenvalue weighted by atomic mass is 9.37. The highest BCUT2D eigenvalue weighted by Gasteiger charge is 2.90. The number of carbonyl (C=O) groups excluding carboxylic acids is 8. The predicted molar refractivity (Wildman–Crippen MR) is 212 cm³/mol. The number of esters is 8. The van der Waals surface area contributed by atoms with Crippen molar-refractivity contribution >= 4 is 47.8 Å². The van der Waals surface area contributed by atoms with E-state index < -0.39 is 142 Å². The highest BCUT2D eigenvalue weighted by atomic mass is 16.6. The van der Waals surface area contributed by atoms with Crippen molar-refractivity contribution in [2.75, 3.05) is 20.8 Å². The smallest absolute Gasteiger partial charge is 0.333 e. The first kappa shape index (κ1) is 47.3. The molecule has 61 heavy (non-hydrogen) atoms. The number of fused-ring (bicyclic) bond motifs is 3. The number of hydrogen-bond donors (Lipinski definition) is 0. The quantitative estimate of drug-likeness (QED) is 0.117. The van der Waals surface area contributed by atoms with Gasteiger partial charge in [0, 0.05) is 69.8 Å². The van der Waals surface area contributed by atoms with Gasteiger partial charge in [-0.3, -0.25) is 33.6 Å². The fourth-order valence-electron chi connectivity index (χ4n) is 13.0. The van der Waals surface area contributed by atoms with E-state index in [9.17, 15) is 38.4 Å². The summed E-state index contributed by atoms with van der Waals surface area (Å²) in [5.74, 6) is -9.75. The van der Waals surface area contributed by atoms with Crippen molar-refractivity contribution in [2.24, 2.45) is 50.7 Å². The van der Waals surface area contributed by atoms with E-state index in [0.717, 1.165) is 0 Å². The standard InChI is InChI=1S/C45H62O16/c1-15-22(2)37(51)60-30-18-41(11,25(5)38(52)55-14)31(17-34(50)54-13)43(21-56-26(6)46)35(30)45(24(4)36(43)59-29(9)49)23(3)16-32(57-27(7)47)42(12)33(58-28(8)48)19-40(10)20-44(42,45)61-39(40)53/h15-16,24-25,30-33,35-36H,17-21H2,1-14H3/b22-15-/t24-,25-,30+,31+,32-,33-,35-,36-,40+,41+,42-,43-,44-,45-/m0/s1. The minimum atomic E-state index is -1.82. The second-order valence-electron chi connectivity index (χ2n) is 18.7. The maximum Gasteiger partial charge on any atom is 0.333 e. The molecule has 0 aromatic heterocycles. The third-order valence-corrected chi connectivity index (χ3v) is 15.7. The topological polar surface area (TPSA) is 210 Å². The first-order chi connectivity index (χ1) is 28.2. The van der Waals surface area contributed by atoms with Gasteiger partial charge in [0.15, 0.2) is 0 Å². The Bertz CT molecular complexity index is 1950. The van der Waals surface area contributed by atoms with Gasteiger partial charge in [0.2, 0.25) is 0 Å². The summed E-state index contributed by atoms with van der Waals surface area (Å²) in [7, 11) is 2.43. The van der Waals surface area contributed by atoms with Crippen LogP contribution in [0.1, 0.15) is 109 Å². The second-order valence-corrected chi connectivity index (χ2v) is 18.7. The molecule has 5 rings (SSSR count). The zero-order chi connectivity index (χ0) is 46.0. The molecule has 3 saturated carbocycles. The molecule has 0 amide bonds. The molecule has 14 atom stereocenters. The van der Waals surface area contributed by atoms with Crippen LogP contribution in [0.4, 0.5) is 0 Å². The summed E-state index contributed by atoms with van der Waals surface area (Å²) < 4.78 is 49.0. The number of hydrogen-bond acceptors (Lipinski definition) is 16. The number of allylic oxidation sites excluding steroid dienone is 1. The molecule has 4 fully saturated rings. The van der Waals surface area contributed by atoms with Gasteiger partial charge in [-0.1, -0.05) is 32.4 Å². The first-order valence-corrected chi connectivity index (χ1v) is 20.8. The average molecular weight is 859 g/mol. The molecule has 0 radical (unpaired) electrons. The molecule has 1 saturated heterocycles. The molecule has 16 heteroatoms. The molecule has 0 aromatic rings. The Labute approximate surface area is 357 Å². The minimum absolute atomic E-state index is 0.00596. The Morgan fingerprint density at radius 1 is 0.869 bits per heavy atom. The average Bonchev–Trinajstić information content (AvgIpc) is 3.54. The van der Waals surface area contributed by atoms with Gasteiger partial charge >= 0.3 is 47.8 Å². The van der Waals surface area contributed by atoms with Gasteiger partial charge in [-0.05, 0) is 58.4 Å². The molecule has 1 aliphatic heterocycles. The van der Waals surface area contributed by atoms with Crippen LogP contribution in [-0.2, 0) is 76.3 Å². The van der Waals surface area contributed by atoms with Crippen molar-refractivity contribution in [1.82, 2.24) is 0 Å². The largest absolute Gasteiger partial charge is 0.469 e. The van der Waals surface area contributed by atoms with Gasteiger partial charge in [-0.25, -0.2) is 4.79 Å². The van der Waals surface area contributed by atoms with Crippen LogP contribution in [0, 0.1) is 50.7 Å². The highest BCUT2D eigenvalue weighted by Crippen LogP contribution is 2.82. The van der Waals surface area contributed by atoms with Crippen LogP contribution in [-0.4, -0.2) is 98.6 Å². The number of ether oxygens (including phenoxy) is 8. The molecule has 338 valence electrons. The Hall–Kier alpha value is -4.76. The van der Waals surface area contributed by atoms with E-state index in [4.69, 9.17) is 37.9 Å². The molecule has 2 bridgehead atoms. The maximum absolute atomic E-state index is 14.7. The highest BCUT2D eigenvalue weighted by molar-refractivity contribution is 5.88. The van der Waals surface area contributed by atoms with Crippen molar-refractivity contribution < 1.29 is 76.3 Å². The van der Waals surface area contributed by atoms with Crippen LogP contribution in [0.2, 0.25) is 0 Å². The molecule has 0 aromatic carbocycles. The van der Waals surface area contributed by atoms with E-state index in [-0.39, 0.29) is 24.8 Å². The van der Waals surface area contributed by atoms with Crippen LogP contribution in [0.25, 0.3) is 0 Å². The summed E-state index contributed by atoms with van der Waals surface area (Å²) in [5, 5.41) is 0. The fourth-order valence-corrected chi connectivity index (χ4v) is 13.0.